The molecule has 3 heteroatoms. The average Bonchev–Trinajstić information content (AvgIpc) is 2.51. The zero-order chi connectivity index (χ0) is 15.0. The third-order valence-corrected chi connectivity index (χ3v) is 6.10. The summed E-state index contributed by atoms with van der Waals surface area (Å²) in [6, 6.07) is 14.1. The Balaban J connectivity index is 2.00. The van der Waals surface area contributed by atoms with Crippen LogP contribution >= 0.6 is 11.8 Å². The van der Waals surface area contributed by atoms with Gasteiger partial charge in [-0.1, -0.05) is 32.0 Å². The van der Waals surface area contributed by atoms with E-state index in [9.17, 15) is 5.11 Å². The highest BCUT2D eigenvalue weighted by Gasteiger charge is 2.38. The fourth-order valence-corrected chi connectivity index (χ4v) is 4.49. The molecule has 2 aromatic rings. The van der Waals surface area contributed by atoms with Crippen molar-refractivity contribution >= 4 is 11.8 Å². The Kier molecular flexibility index (Phi) is 3.62. The lowest BCUT2D eigenvalue weighted by Gasteiger charge is -2.41. The minimum absolute atomic E-state index is 0.0842. The number of methoxy groups -OCH3 is 1. The van der Waals surface area contributed by atoms with Crippen LogP contribution in [0.4, 0.5) is 0 Å². The number of hydrogen-bond donors (Lipinski definition) is 1. The van der Waals surface area contributed by atoms with Crippen molar-refractivity contribution in [3.8, 4) is 11.5 Å². The van der Waals surface area contributed by atoms with Gasteiger partial charge in [0.25, 0.3) is 0 Å². The standard InChI is InChI=1S/C18H20O2S/c1-12-16-9-6-14(19)10-17(16)21-11-18(12,2)13-4-7-15(20-3)8-5-13/h4-10,12,19H,11H2,1-3H3. The van der Waals surface area contributed by atoms with Crippen LogP contribution in [0, 0.1) is 0 Å². The van der Waals surface area contributed by atoms with E-state index in [1.807, 2.05) is 30.0 Å². The molecule has 1 N–H and O–H groups in total. The van der Waals surface area contributed by atoms with E-state index in [1.165, 1.54) is 16.0 Å². The van der Waals surface area contributed by atoms with Gasteiger partial charge in [0.15, 0.2) is 0 Å². The molecular formula is C18H20O2S. The first-order valence-corrected chi connectivity index (χ1v) is 8.13. The second-order valence-electron chi connectivity index (χ2n) is 5.88. The van der Waals surface area contributed by atoms with Crippen LogP contribution in [0.25, 0.3) is 0 Å². The highest BCUT2D eigenvalue weighted by Crippen LogP contribution is 2.50. The van der Waals surface area contributed by atoms with E-state index in [0.29, 0.717) is 11.7 Å². The Morgan fingerprint density at radius 1 is 1.19 bits per heavy atom. The molecule has 21 heavy (non-hydrogen) atoms. The van der Waals surface area contributed by atoms with Gasteiger partial charge in [-0.25, -0.2) is 0 Å². The van der Waals surface area contributed by atoms with Gasteiger partial charge in [-0.05, 0) is 41.3 Å². The Hall–Kier alpha value is -1.61. The number of rotatable bonds is 2. The van der Waals surface area contributed by atoms with E-state index in [4.69, 9.17) is 4.74 Å². The maximum Gasteiger partial charge on any atom is 0.118 e. The summed E-state index contributed by atoms with van der Waals surface area (Å²) in [6.07, 6.45) is 0. The Morgan fingerprint density at radius 2 is 1.90 bits per heavy atom. The summed E-state index contributed by atoms with van der Waals surface area (Å²) in [4.78, 5) is 1.20. The fraction of sp³-hybridized carbons (Fsp3) is 0.333. The second-order valence-corrected chi connectivity index (χ2v) is 6.90. The molecule has 0 amide bonds. The van der Waals surface area contributed by atoms with Gasteiger partial charge in [0.1, 0.15) is 11.5 Å². The predicted octanol–water partition coefficient (Wildman–Crippen LogP) is 4.57. The van der Waals surface area contributed by atoms with Gasteiger partial charge in [0, 0.05) is 16.1 Å². The fourth-order valence-electron chi connectivity index (χ4n) is 3.01. The maximum absolute atomic E-state index is 9.65. The smallest absolute Gasteiger partial charge is 0.118 e. The number of hydrogen-bond acceptors (Lipinski definition) is 3. The molecule has 0 radical (unpaired) electrons. The molecule has 1 heterocycles. The third kappa shape index (κ3) is 2.40. The first kappa shape index (κ1) is 14.3. The number of phenols is 1. The molecule has 2 unspecified atom stereocenters. The molecule has 0 saturated heterocycles. The molecule has 1 aliphatic heterocycles. The molecule has 110 valence electrons. The van der Waals surface area contributed by atoms with Crippen LogP contribution in [-0.4, -0.2) is 18.0 Å². The summed E-state index contributed by atoms with van der Waals surface area (Å²) < 4.78 is 5.25. The summed E-state index contributed by atoms with van der Waals surface area (Å²) in [5, 5.41) is 9.65. The first-order chi connectivity index (χ1) is 10.0. The van der Waals surface area contributed by atoms with Gasteiger partial charge in [0.05, 0.1) is 7.11 Å². The largest absolute Gasteiger partial charge is 0.508 e. The molecule has 2 nitrogen and oxygen atoms in total. The number of thioether (sulfide) groups is 1. The van der Waals surface area contributed by atoms with Crippen molar-refractivity contribution in [2.24, 2.45) is 0 Å². The third-order valence-electron chi connectivity index (χ3n) is 4.70. The van der Waals surface area contributed by atoms with Crippen molar-refractivity contribution in [3.63, 3.8) is 0 Å². The molecule has 1 aliphatic rings. The van der Waals surface area contributed by atoms with Crippen molar-refractivity contribution in [2.45, 2.75) is 30.1 Å². The summed E-state index contributed by atoms with van der Waals surface area (Å²) in [5.74, 6) is 2.66. The quantitative estimate of drug-likeness (QED) is 0.881. The van der Waals surface area contributed by atoms with E-state index in [1.54, 1.807) is 13.2 Å². The first-order valence-electron chi connectivity index (χ1n) is 7.15. The van der Waals surface area contributed by atoms with Crippen molar-refractivity contribution in [3.05, 3.63) is 53.6 Å². The monoisotopic (exact) mass is 300 g/mol. The van der Waals surface area contributed by atoms with E-state index in [0.717, 1.165) is 11.5 Å². The molecule has 0 aromatic heterocycles. The van der Waals surface area contributed by atoms with Crippen LogP contribution in [0.2, 0.25) is 0 Å². The molecule has 0 spiro atoms. The van der Waals surface area contributed by atoms with Crippen molar-refractivity contribution in [1.82, 2.24) is 0 Å². The van der Waals surface area contributed by atoms with Gasteiger partial charge in [-0.15, -0.1) is 11.8 Å². The van der Waals surface area contributed by atoms with Crippen LogP contribution in [0.1, 0.15) is 30.9 Å². The number of ether oxygens (including phenoxy) is 1. The highest BCUT2D eigenvalue weighted by atomic mass is 32.2. The van der Waals surface area contributed by atoms with Gasteiger partial charge in [0.2, 0.25) is 0 Å². The van der Waals surface area contributed by atoms with Crippen LogP contribution < -0.4 is 4.74 Å². The van der Waals surface area contributed by atoms with E-state index in [-0.39, 0.29) is 5.41 Å². The lowest BCUT2D eigenvalue weighted by molar-refractivity contribution is 0.410. The van der Waals surface area contributed by atoms with Gasteiger partial charge >= 0.3 is 0 Å². The SMILES string of the molecule is COc1ccc(C2(C)CSc3cc(O)ccc3C2C)cc1. The Morgan fingerprint density at radius 3 is 2.57 bits per heavy atom. The molecule has 2 atom stereocenters. The maximum atomic E-state index is 9.65. The summed E-state index contributed by atoms with van der Waals surface area (Å²) in [6.45, 7) is 4.60. The normalized spacial score (nSPS) is 24.4. The molecule has 3 rings (SSSR count). The molecule has 0 aliphatic carbocycles. The van der Waals surface area contributed by atoms with Gasteiger partial charge in [-0.2, -0.15) is 0 Å². The lowest BCUT2D eigenvalue weighted by Crippen LogP contribution is -2.34. The molecule has 2 aromatic carbocycles. The number of fused-ring (bicyclic) bond motifs is 1. The summed E-state index contributed by atoms with van der Waals surface area (Å²) >= 11 is 1.83. The second kappa shape index (κ2) is 5.30. The van der Waals surface area contributed by atoms with Gasteiger partial charge in [-0.3, -0.25) is 0 Å². The number of benzene rings is 2. The molecule has 0 saturated carbocycles. The Bertz CT molecular complexity index is 651. The van der Waals surface area contributed by atoms with Gasteiger partial charge < -0.3 is 9.84 Å². The number of aromatic hydroxyl groups is 1. The van der Waals surface area contributed by atoms with Crippen LogP contribution in [0.3, 0.4) is 0 Å². The zero-order valence-corrected chi connectivity index (χ0v) is 13.4. The van der Waals surface area contributed by atoms with Crippen molar-refractivity contribution in [2.75, 3.05) is 12.9 Å². The lowest BCUT2D eigenvalue weighted by atomic mass is 9.71. The van der Waals surface area contributed by atoms with Crippen molar-refractivity contribution in [1.29, 1.82) is 0 Å². The van der Waals surface area contributed by atoms with Crippen LogP contribution in [-0.2, 0) is 5.41 Å². The summed E-state index contributed by atoms with van der Waals surface area (Å²) in [5.41, 5.74) is 2.74. The molecule has 0 bridgehead atoms. The summed E-state index contributed by atoms with van der Waals surface area (Å²) in [7, 11) is 1.69. The molecule has 0 fully saturated rings. The highest BCUT2D eigenvalue weighted by molar-refractivity contribution is 7.99. The predicted molar refractivity (Wildman–Crippen MR) is 87.6 cm³/mol. The molecular weight excluding hydrogens is 280 g/mol. The van der Waals surface area contributed by atoms with E-state index >= 15 is 0 Å². The van der Waals surface area contributed by atoms with Crippen LogP contribution in [0.15, 0.2) is 47.4 Å². The topological polar surface area (TPSA) is 29.5 Å². The number of phenolic OH excluding ortho intramolecular Hbond substituents is 1. The van der Waals surface area contributed by atoms with Crippen LogP contribution in [0.5, 0.6) is 11.5 Å². The van der Waals surface area contributed by atoms with E-state index < -0.39 is 0 Å². The Labute approximate surface area is 130 Å². The average molecular weight is 300 g/mol. The van der Waals surface area contributed by atoms with Crippen molar-refractivity contribution < 1.29 is 9.84 Å². The minimum atomic E-state index is 0.0842. The minimum Gasteiger partial charge on any atom is -0.508 e. The van der Waals surface area contributed by atoms with E-state index in [2.05, 4.69) is 32.0 Å². The zero-order valence-electron chi connectivity index (χ0n) is 12.6.